The molecule has 2 N–H and O–H groups in total. The van der Waals surface area contributed by atoms with Gasteiger partial charge in [-0.25, -0.2) is 13.2 Å². The van der Waals surface area contributed by atoms with Gasteiger partial charge in [0.2, 0.25) is 10.0 Å². The second kappa shape index (κ2) is 4.44. The van der Waals surface area contributed by atoms with Crippen molar-refractivity contribution < 1.29 is 12.8 Å². The summed E-state index contributed by atoms with van der Waals surface area (Å²) < 4.78 is 32.6. The third kappa shape index (κ3) is 1.96. The lowest BCUT2D eigenvalue weighted by atomic mass is 10.3. The topological polar surface area (TPSA) is 98.5 Å². The van der Waals surface area contributed by atoms with Crippen LogP contribution < -0.4 is 11.5 Å². The second-order valence-corrected chi connectivity index (χ2v) is 6.91. The van der Waals surface area contributed by atoms with Crippen molar-refractivity contribution in [3.63, 3.8) is 0 Å². The van der Waals surface area contributed by atoms with E-state index in [9.17, 15) is 13.2 Å². The molecule has 0 aliphatic carbocycles. The molecule has 1 atom stereocenters. The molecule has 3 rings (SSSR count). The van der Waals surface area contributed by atoms with E-state index in [1.165, 1.54) is 21.0 Å². The maximum atomic E-state index is 12.5. The normalized spacial score (nSPS) is 20.8. The Kier molecular flexibility index (Phi) is 2.96. The Balaban J connectivity index is 2.08. The van der Waals surface area contributed by atoms with Gasteiger partial charge in [0, 0.05) is 32.2 Å². The van der Waals surface area contributed by atoms with Gasteiger partial charge in [-0.05, 0) is 18.6 Å². The quantitative estimate of drug-likeness (QED) is 0.831. The lowest BCUT2D eigenvalue weighted by Crippen LogP contribution is -2.31. The van der Waals surface area contributed by atoms with E-state index in [-0.39, 0.29) is 16.5 Å². The highest BCUT2D eigenvalue weighted by Gasteiger charge is 2.31. The van der Waals surface area contributed by atoms with Crippen molar-refractivity contribution in [3.8, 4) is 0 Å². The van der Waals surface area contributed by atoms with Crippen LogP contribution in [0.3, 0.4) is 0 Å². The van der Waals surface area contributed by atoms with Gasteiger partial charge in [0.25, 0.3) is 0 Å². The minimum absolute atomic E-state index is 0.119. The Bertz CT molecular complexity index is 821. The highest BCUT2D eigenvalue weighted by molar-refractivity contribution is 7.89. The molecular weight excluding hydrogens is 282 g/mol. The van der Waals surface area contributed by atoms with Crippen LogP contribution in [0.5, 0.6) is 0 Å². The standard InChI is InChI=1S/C12H15N3O4S/c1-14-10-3-2-9(6-11(10)19-12(14)16)20(17,18)15-5-4-8(13)7-15/h2-3,6,8H,4-5,7,13H2,1H3/t8-/m1/s1. The average molecular weight is 297 g/mol. The number of aryl methyl sites for hydroxylation is 1. The molecule has 108 valence electrons. The molecule has 2 heterocycles. The number of nitrogens with zero attached hydrogens (tertiary/aromatic N) is 2. The summed E-state index contributed by atoms with van der Waals surface area (Å²) in [6.45, 7) is 0.735. The first-order chi connectivity index (χ1) is 9.39. The largest absolute Gasteiger partial charge is 0.419 e. The first kappa shape index (κ1) is 13.3. The lowest BCUT2D eigenvalue weighted by molar-refractivity contribution is 0.472. The number of benzene rings is 1. The summed E-state index contributed by atoms with van der Waals surface area (Å²) in [5.74, 6) is -0.516. The summed E-state index contributed by atoms with van der Waals surface area (Å²) in [4.78, 5) is 11.5. The van der Waals surface area contributed by atoms with Crippen LogP contribution in [0.1, 0.15) is 6.42 Å². The van der Waals surface area contributed by atoms with Gasteiger partial charge < -0.3 is 10.2 Å². The maximum Gasteiger partial charge on any atom is 0.419 e. The fourth-order valence-corrected chi connectivity index (χ4v) is 3.92. The van der Waals surface area contributed by atoms with Crippen molar-refractivity contribution in [2.75, 3.05) is 13.1 Å². The van der Waals surface area contributed by atoms with Crippen LogP contribution in [-0.2, 0) is 17.1 Å². The third-order valence-corrected chi connectivity index (χ3v) is 5.45. The highest BCUT2D eigenvalue weighted by Crippen LogP contribution is 2.23. The number of rotatable bonds is 2. The Labute approximate surface area is 115 Å². The van der Waals surface area contributed by atoms with Crippen molar-refractivity contribution in [1.29, 1.82) is 0 Å². The van der Waals surface area contributed by atoms with E-state index in [2.05, 4.69) is 0 Å². The lowest BCUT2D eigenvalue weighted by Gasteiger charge is -2.15. The zero-order valence-electron chi connectivity index (χ0n) is 10.9. The van der Waals surface area contributed by atoms with E-state index in [0.29, 0.717) is 25.0 Å². The van der Waals surface area contributed by atoms with Gasteiger partial charge in [-0.15, -0.1) is 0 Å². The number of aromatic nitrogens is 1. The van der Waals surface area contributed by atoms with Crippen LogP contribution in [0.2, 0.25) is 0 Å². The zero-order chi connectivity index (χ0) is 14.5. The molecule has 1 aromatic heterocycles. The SMILES string of the molecule is Cn1c(=O)oc2cc(S(=O)(=O)N3CC[C@@H](N)C3)ccc21. The van der Waals surface area contributed by atoms with Gasteiger partial charge in [-0.1, -0.05) is 0 Å². The number of sulfonamides is 1. The molecule has 1 aliphatic rings. The molecule has 20 heavy (non-hydrogen) atoms. The van der Waals surface area contributed by atoms with Gasteiger partial charge in [0.05, 0.1) is 10.4 Å². The molecule has 1 aromatic carbocycles. The van der Waals surface area contributed by atoms with Gasteiger partial charge in [0.1, 0.15) is 0 Å². The fraction of sp³-hybridized carbons (Fsp3) is 0.417. The van der Waals surface area contributed by atoms with Crippen LogP contribution in [0.25, 0.3) is 11.1 Å². The van der Waals surface area contributed by atoms with E-state index >= 15 is 0 Å². The first-order valence-electron chi connectivity index (χ1n) is 6.25. The first-order valence-corrected chi connectivity index (χ1v) is 7.69. The van der Waals surface area contributed by atoms with E-state index in [0.717, 1.165) is 0 Å². The minimum Gasteiger partial charge on any atom is -0.408 e. The Morgan fingerprint density at radius 1 is 1.40 bits per heavy atom. The molecule has 2 aromatic rings. The summed E-state index contributed by atoms with van der Waals surface area (Å²) >= 11 is 0. The molecule has 0 amide bonds. The average Bonchev–Trinajstić information content (AvgIpc) is 2.95. The maximum absolute atomic E-state index is 12.5. The number of fused-ring (bicyclic) bond motifs is 1. The minimum atomic E-state index is -3.58. The molecule has 1 saturated heterocycles. The molecular formula is C12H15N3O4S. The van der Waals surface area contributed by atoms with Crippen LogP contribution in [0.15, 0.2) is 32.3 Å². The van der Waals surface area contributed by atoms with Crippen LogP contribution in [0, 0.1) is 0 Å². The molecule has 0 spiro atoms. The van der Waals surface area contributed by atoms with Crippen molar-refractivity contribution in [2.24, 2.45) is 12.8 Å². The Hall–Kier alpha value is -1.64. The Morgan fingerprint density at radius 3 is 2.80 bits per heavy atom. The van der Waals surface area contributed by atoms with Crippen molar-refractivity contribution in [2.45, 2.75) is 17.4 Å². The number of hydrogen-bond donors (Lipinski definition) is 1. The van der Waals surface area contributed by atoms with Gasteiger partial charge in [-0.3, -0.25) is 4.57 Å². The smallest absolute Gasteiger partial charge is 0.408 e. The van der Waals surface area contributed by atoms with Crippen molar-refractivity contribution in [1.82, 2.24) is 8.87 Å². The van der Waals surface area contributed by atoms with Crippen molar-refractivity contribution >= 4 is 21.1 Å². The van der Waals surface area contributed by atoms with E-state index in [4.69, 9.17) is 10.2 Å². The molecule has 0 saturated carbocycles. The summed E-state index contributed by atoms with van der Waals surface area (Å²) in [5.41, 5.74) is 6.57. The number of hydrogen-bond acceptors (Lipinski definition) is 5. The van der Waals surface area contributed by atoms with Crippen molar-refractivity contribution in [3.05, 3.63) is 28.7 Å². The van der Waals surface area contributed by atoms with Crippen LogP contribution >= 0.6 is 0 Å². The predicted molar refractivity (Wildman–Crippen MR) is 72.8 cm³/mol. The third-order valence-electron chi connectivity index (χ3n) is 3.59. The highest BCUT2D eigenvalue weighted by atomic mass is 32.2. The molecule has 0 radical (unpaired) electrons. The van der Waals surface area contributed by atoms with Crippen LogP contribution in [0.4, 0.5) is 0 Å². The molecule has 1 aliphatic heterocycles. The molecule has 8 heteroatoms. The van der Waals surface area contributed by atoms with Crippen LogP contribution in [-0.4, -0.2) is 36.4 Å². The fourth-order valence-electron chi connectivity index (χ4n) is 2.40. The zero-order valence-corrected chi connectivity index (χ0v) is 11.8. The van der Waals surface area contributed by atoms with Gasteiger partial charge in [0.15, 0.2) is 5.58 Å². The Morgan fingerprint density at radius 2 is 2.15 bits per heavy atom. The van der Waals surface area contributed by atoms with E-state index < -0.39 is 15.8 Å². The van der Waals surface area contributed by atoms with Gasteiger partial charge in [-0.2, -0.15) is 4.31 Å². The summed E-state index contributed by atoms with van der Waals surface area (Å²) in [6, 6.07) is 4.32. The van der Waals surface area contributed by atoms with E-state index in [1.54, 1.807) is 13.1 Å². The summed E-state index contributed by atoms with van der Waals surface area (Å²) in [7, 11) is -2.01. The number of oxazole rings is 1. The molecule has 0 bridgehead atoms. The van der Waals surface area contributed by atoms with Gasteiger partial charge >= 0.3 is 5.76 Å². The number of nitrogens with two attached hydrogens (primary N) is 1. The molecule has 7 nitrogen and oxygen atoms in total. The summed E-state index contributed by atoms with van der Waals surface area (Å²) in [5, 5.41) is 0. The second-order valence-electron chi connectivity index (χ2n) is 4.97. The predicted octanol–water partition coefficient (Wildman–Crippen LogP) is -0.147. The molecule has 1 fully saturated rings. The summed E-state index contributed by atoms with van der Waals surface area (Å²) in [6.07, 6.45) is 0.655. The molecule has 0 unspecified atom stereocenters. The van der Waals surface area contributed by atoms with E-state index in [1.807, 2.05) is 0 Å². The monoisotopic (exact) mass is 297 g/mol.